The van der Waals surface area contributed by atoms with Crippen molar-refractivity contribution in [1.82, 2.24) is 9.55 Å². The molecule has 7 nitrogen and oxygen atoms in total. The van der Waals surface area contributed by atoms with Crippen LogP contribution < -0.4 is 20.3 Å². The molecule has 2 aromatic carbocycles. The standard InChI is InChI=1S/C26H25N3O4/c1-4-33-21-11-7-19(8-12-21)28-25(30)22-15-23-24(27-17(22)2)13-14-29(26(23)31)16-18-5-9-20(32-3)10-6-18/h5-15H,4,16H2,1-3H3,(H,28,30). The molecular formula is C26H25N3O4. The number of hydrogen-bond donors (Lipinski definition) is 1. The first-order valence-electron chi connectivity index (χ1n) is 10.7. The summed E-state index contributed by atoms with van der Waals surface area (Å²) in [5, 5.41) is 3.26. The molecular weight excluding hydrogens is 418 g/mol. The molecule has 0 spiro atoms. The third-order valence-corrected chi connectivity index (χ3v) is 5.33. The molecule has 33 heavy (non-hydrogen) atoms. The number of anilines is 1. The lowest BCUT2D eigenvalue weighted by Gasteiger charge is -2.11. The minimum Gasteiger partial charge on any atom is -0.497 e. The van der Waals surface area contributed by atoms with Crippen molar-refractivity contribution in [1.29, 1.82) is 0 Å². The van der Waals surface area contributed by atoms with Gasteiger partial charge >= 0.3 is 0 Å². The van der Waals surface area contributed by atoms with Gasteiger partial charge in [-0.2, -0.15) is 0 Å². The summed E-state index contributed by atoms with van der Waals surface area (Å²) in [6, 6.07) is 18.1. The Morgan fingerprint density at radius 2 is 1.73 bits per heavy atom. The Labute approximate surface area is 191 Å². The van der Waals surface area contributed by atoms with Crippen LogP contribution in [0.3, 0.4) is 0 Å². The van der Waals surface area contributed by atoms with E-state index in [9.17, 15) is 9.59 Å². The Morgan fingerprint density at radius 3 is 2.39 bits per heavy atom. The summed E-state index contributed by atoms with van der Waals surface area (Å²) >= 11 is 0. The number of methoxy groups -OCH3 is 1. The quantitative estimate of drug-likeness (QED) is 0.457. The van der Waals surface area contributed by atoms with E-state index in [-0.39, 0.29) is 11.5 Å². The number of aromatic nitrogens is 2. The number of nitrogens with one attached hydrogen (secondary N) is 1. The topological polar surface area (TPSA) is 82.5 Å². The molecule has 168 valence electrons. The zero-order valence-electron chi connectivity index (χ0n) is 18.8. The van der Waals surface area contributed by atoms with Crippen molar-refractivity contribution in [2.45, 2.75) is 20.4 Å². The van der Waals surface area contributed by atoms with E-state index in [1.807, 2.05) is 31.2 Å². The van der Waals surface area contributed by atoms with Crippen LogP contribution in [0.25, 0.3) is 10.9 Å². The summed E-state index contributed by atoms with van der Waals surface area (Å²) in [7, 11) is 1.61. The molecule has 7 heteroatoms. The van der Waals surface area contributed by atoms with Crippen molar-refractivity contribution in [2.24, 2.45) is 0 Å². The lowest BCUT2D eigenvalue weighted by Crippen LogP contribution is -2.22. The average Bonchev–Trinajstić information content (AvgIpc) is 2.82. The Hall–Kier alpha value is -4.13. The number of pyridine rings is 2. The van der Waals surface area contributed by atoms with E-state index in [2.05, 4.69) is 10.3 Å². The van der Waals surface area contributed by atoms with Crippen LogP contribution in [0.1, 0.15) is 28.5 Å². The lowest BCUT2D eigenvalue weighted by atomic mass is 10.1. The van der Waals surface area contributed by atoms with E-state index in [1.165, 1.54) is 0 Å². The second-order valence-corrected chi connectivity index (χ2v) is 7.56. The number of carbonyl (C=O) groups excluding carboxylic acids is 1. The number of benzene rings is 2. The molecule has 0 unspecified atom stereocenters. The van der Waals surface area contributed by atoms with Gasteiger partial charge in [0.2, 0.25) is 0 Å². The maximum absolute atomic E-state index is 13.2. The summed E-state index contributed by atoms with van der Waals surface area (Å²) < 4.78 is 12.2. The van der Waals surface area contributed by atoms with Gasteiger partial charge in [0.15, 0.2) is 0 Å². The highest BCUT2D eigenvalue weighted by Crippen LogP contribution is 2.19. The summed E-state index contributed by atoms with van der Waals surface area (Å²) in [4.78, 5) is 30.6. The van der Waals surface area contributed by atoms with Crippen LogP contribution in [0.2, 0.25) is 0 Å². The van der Waals surface area contributed by atoms with Gasteiger partial charge in [0, 0.05) is 11.9 Å². The van der Waals surface area contributed by atoms with Crippen LogP contribution >= 0.6 is 0 Å². The number of carbonyl (C=O) groups is 1. The highest BCUT2D eigenvalue weighted by Gasteiger charge is 2.15. The summed E-state index contributed by atoms with van der Waals surface area (Å²) in [6.45, 7) is 4.65. The van der Waals surface area contributed by atoms with E-state index < -0.39 is 0 Å². The molecule has 4 rings (SSSR count). The largest absolute Gasteiger partial charge is 0.497 e. The van der Waals surface area contributed by atoms with Crippen molar-refractivity contribution in [3.8, 4) is 11.5 Å². The molecule has 2 aromatic heterocycles. The molecule has 0 aliphatic heterocycles. The van der Waals surface area contributed by atoms with Gasteiger partial charge in [-0.25, -0.2) is 0 Å². The minimum absolute atomic E-state index is 0.203. The van der Waals surface area contributed by atoms with E-state index in [1.54, 1.807) is 61.2 Å². The van der Waals surface area contributed by atoms with Gasteiger partial charge in [-0.3, -0.25) is 14.6 Å². The molecule has 0 radical (unpaired) electrons. The van der Waals surface area contributed by atoms with Gasteiger partial charge in [0.25, 0.3) is 11.5 Å². The summed E-state index contributed by atoms with van der Waals surface area (Å²) in [5.74, 6) is 1.17. The van der Waals surface area contributed by atoms with Crippen LogP contribution in [0.15, 0.2) is 71.7 Å². The highest BCUT2D eigenvalue weighted by atomic mass is 16.5. The van der Waals surface area contributed by atoms with Crippen LogP contribution in [-0.4, -0.2) is 29.2 Å². The number of hydrogen-bond acceptors (Lipinski definition) is 5. The predicted molar refractivity (Wildman–Crippen MR) is 128 cm³/mol. The van der Waals surface area contributed by atoms with Crippen molar-refractivity contribution < 1.29 is 14.3 Å². The molecule has 0 saturated carbocycles. The first-order chi connectivity index (χ1) is 16.0. The Morgan fingerprint density at radius 1 is 1.03 bits per heavy atom. The number of amides is 1. The minimum atomic E-state index is -0.323. The SMILES string of the molecule is CCOc1ccc(NC(=O)c2cc3c(=O)n(Cc4ccc(OC)cc4)ccc3nc2C)cc1. The van der Waals surface area contributed by atoms with Gasteiger partial charge in [-0.1, -0.05) is 12.1 Å². The van der Waals surface area contributed by atoms with Crippen LogP contribution in [0.5, 0.6) is 11.5 Å². The molecule has 0 fully saturated rings. The number of ether oxygens (including phenoxy) is 2. The molecule has 0 saturated heterocycles. The van der Waals surface area contributed by atoms with E-state index >= 15 is 0 Å². The molecule has 0 aliphatic carbocycles. The van der Waals surface area contributed by atoms with Crippen LogP contribution in [-0.2, 0) is 6.54 Å². The van der Waals surface area contributed by atoms with Crippen LogP contribution in [0, 0.1) is 6.92 Å². The normalized spacial score (nSPS) is 10.8. The maximum Gasteiger partial charge on any atom is 0.260 e. The first-order valence-corrected chi connectivity index (χ1v) is 10.7. The maximum atomic E-state index is 13.2. The summed E-state index contributed by atoms with van der Waals surface area (Å²) in [5.41, 5.74) is 2.86. The molecule has 4 aromatic rings. The second-order valence-electron chi connectivity index (χ2n) is 7.56. The van der Waals surface area contributed by atoms with Gasteiger partial charge in [-0.15, -0.1) is 0 Å². The van der Waals surface area contributed by atoms with Gasteiger partial charge in [0.05, 0.1) is 42.4 Å². The van der Waals surface area contributed by atoms with E-state index in [0.29, 0.717) is 41.0 Å². The van der Waals surface area contributed by atoms with E-state index in [4.69, 9.17) is 9.47 Å². The third kappa shape index (κ3) is 4.87. The number of fused-ring (bicyclic) bond motifs is 1. The predicted octanol–water partition coefficient (Wildman–Crippen LogP) is 4.41. The van der Waals surface area contributed by atoms with Gasteiger partial charge in [0.1, 0.15) is 11.5 Å². The van der Waals surface area contributed by atoms with Crippen molar-refractivity contribution in [3.63, 3.8) is 0 Å². The molecule has 0 aliphatic rings. The zero-order chi connectivity index (χ0) is 23.4. The zero-order valence-corrected chi connectivity index (χ0v) is 18.8. The fourth-order valence-corrected chi connectivity index (χ4v) is 3.59. The Balaban J connectivity index is 1.62. The second kappa shape index (κ2) is 9.56. The molecule has 0 atom stereocenters. The molecule has 1 amide bonds. The van der Waals surface area contributed by atoms with Crippen molar-refractivity contribution in [2.75, 3.05) is 19.0 Å². The molecule has 0 bridgehead atoms. The fraction of sp³-hybridized carbons (Fsp3) is 0.192. The lowest BCUT2D eigenvalue weighted by molar-refractivity contribution is 0.102. The van der Waals surface area contributed by atoms with Crippen LogP contribution in [0.4, 0.5) is 5.69 Å². The van der Waals surface area contributed by atoms with Gasteiger partial charge in [-0.05, 0) is 67.9 Å². The fourth-order valence-electron chi connectivity index (χ4n) is 3.59. The van der Waals surface area contributed by atoms with Gasteiger partial charge < -0.3 is 19.4 Å². The monoisotopic (exact) mass is 443 g/mol. The average molecular weight is 444 g/mol. The Bertz CT molecular complexity index is 1340. The number of rotatable bonds is 7. The van der Waals surface area contributed by atoms with Crippen molar-refractivity contribution >= 4 is 22.5 Å². The highest BCUT2D eigenvalue weighted by molar-refractivity contribution is 6.06. The molecule has 2 heterocycles. The Kier molecular flexibility index (Phi) is 6.40. The number of aryl methyl sites for hydroxylation is 1. The third-order valence-electron chi connectivity index (χ3n) is 5.33. The molecule has 1 N–H and O–H groups in total. The smallest absolute Gasteiger partial charge is 0.260 e. The van der Waals surface area contributed by atoms with Crippen molar-refractivity contribution in [3.05, 3.63) is 94.0 Å². The number of nitrogens with zero attached hydrogens (tertiary/aromatic N) is 2. The van der Waals surface area contributed by atoms with E-state index in [0.717, 1.165) is 17.1 Å². The summed E-state index contributed by atoms with van der Waals surface area (Å²) in [6.07, 6.45) is 1.72. The first kappa shape index (κ1) is 22.1.